The monoisotopic (exact) mass is 1750 g/mol. The van der Waals surface area contributed by atoms with E-state index < -0.39 is 0 Å². The van der Waals surface area contributed by atoms with Gasteiger partial charge in [-0.1, -0.05) is 212 Å². The fourth-order valence-electron chi connectivity index (χ4n) is 21.1. The molecular formula is C117H69N15O2S. The SMILES string of the molecule is c1ccc2c(c1)oc1ccc(-n3c4ccccc4c4cc(-c5ccc6c(c5)c5ccccc5n6-c5ncncn5)ccc43)cc12.c1ccc2c(c1)oc1cccc(-n3c4ccccc4c4cc(-c5ccc6c(c5)c5ccccc5n6-c5ncncn5)ccc43)c12.c1ccc2c(c1)sc1cccc(-n3c4ccccc4c4cc(-c5ccc6c(c5)c5ccccc5n6-c5ncncn5)ccc43)c12. The highest BCUT2D eigenvalue weighted by Gasteiger charge is 2.26. The van der Waals surface area contributed by atoms with Gasteiger partial charge in [-0.05, 0) is 203 Å². The Hall–Kier alpha value is -18.4. The van der Waals surface area contributed by atoms with Crippen molar-refractivity contribution in [1.29, 1.82) is 0 Å². The zero-order chi connectivity index (χ0) is 88.5. The maximum atomic E-state index is 6.26. The molecule has 0 aliphatic carbocycles. The third kappa shape index (κ3) is 11.8. The largest absolute Gasteiger partial charge is 0.456 e. The highest BCUT2D eigenvalue weighted by molar-refractivity contribution is 7.25. The first-order valence-electron chi connectivity index (χ1n) is 44.8. The fourth-order valence-corrected chi connectivity index (χ4v) is 22.3. The van der Waals surface area contributed by atoms with Gasteiger partial charge in [0.2, 0.25) is 17.8 Å². The normalized spacial score (nSPS) is 12.0. The van der Waals surface area contributed by atoms with Crippen LogP contribution in [0.3, 0.4) is 0 Å². The second-order valence-corrected chi connectivity index (χ2v) is 35.2. The summed E-state index contributed by atoms with van der Waals surface area (Å²) in [5.41, 5.74) is 27.5. The first-order valence-corrected chi connectivity index (χ1v) is 45.6. The molecular weight excluding hydrogens is 1680 g/mol. The van der Waals surface area contributed by atoms with Crippen molar-refractivity contribution in [1.82, 2.24) is 72.3 Å². The number of hydrogen-bond donors (Lipinski definition) is 0. The van der Waals surface area contributed by atoms with Crippen LogP contribution in [0.5, 0.6) is 0 Å². The smallest absolute Gasteiger partial charge is 0.237 e. The molecule has 12 heterocycles. The van der Waals surface area contributed by atoms with Crippen molar-refractivity contribution in [2.75, 3.05) is 0 Å². The molecule has 0 atom stereocenters. The first kappa shape index (κ1) is 75.6. The molecule has 30 aromatic rings. The van der Waals surface area contributed by atoms with Crippen LogP contribution >= 0.6 is 11.3 Å². The Morgan fingerprint density at radius 2 is 0.459 bits per heavy atom. The molecule has 0 radical (unpaired) electrons. The van der Waals surface area contributed by atoms with Gasteiger partial charge in [0.05, 0.1) is 83.0 Å². The summed E-state index contributed by atoms with van der Waals surface area (Å²) >= 11 is 1.86. The van der Waals surface area contributed by atoms with Gasteiger partial charge in [-0.3, -0.25) is 13.7 Å². The van der Waals surface area contributed by atoms with Crippen molar-refractivity contribution in [3.63, 3.8) is 0 Å². The van der Waals surface area contributed by atoms with Gasteiger partial charge in [0.25, 0.3) is 0 Å². The van der Waals surface area contributed by atoms with Gasteiger partial charge in [0.1, 0.15) is 60.3 Å². The summed E-state index contributed by atoms with van der Waals surface area (Å²) in [6.07, 6.45) is 9.25. The average Bonchev–Trinajstić information content (AvgIpc) is 1.57. The van der Waals surface area contributed by atoms with Crippen LogP contribution < -0.4 is 0 Å². The first-order chi connectivity index (χ1) is 67.0. The molecule has 12 aromatic heterocycles. The van der Waals surface area contributed by atoms with Crippen LogP contribution in [-0.4, -0.2) is 72.3 Å². The molecule has 18 aromatic carbocycles. The molecule has 0 saturated heterocycles. The minimum absolute atomic E-state index is 0.610. The lowest BCUT2D eigenvalue weighted by Crippen LogP contribution is -2.00. The highest BCUT2D eigenvalue weighted by Crippen LogP contribution is 2.47. The molecule has 0 aliphatic heterocycles. The number of rotatable bonds is 9. The third-order valence-corrected chi connectivity index (χ3v) is 28.1. The second kappa shape index (κ2) is 30.1. The number of para-hydroxylation sites is 8. The van der Waals surface area contributed by atoms with E-state index >= 15 is 0 Å². The van der Waals surface area contributed by atoms with Crippen molar-refractivity contribution in [3.8, 4) is 68.3 Å². The van der Waals surface area contributed by atoms with Crippen molar-refractivity contribution in [3.05, 3.63) is 420 Å². The van der Waals surface area contributed by atoms with E-state index in [1.807, 2.05) is 35.6 Å². The van der Waals surface area contributed by atoms with Crippen molar-refractivity contribution in [2.45, 2.75) is 0 Å². The van der Waals surface area contributed by atoms with Gasteiger partial charge < -0.3 is 22.5 Å². The maximum Gasteiger partial charge on any atom is 0.237 e. The Balaban J connectivity index is 0.000000101. The van der Waals surface area contributed by atoms with Crippen LogP contribution in [0.1, 0.15) is 0 Å². The molecule has 0 unspecified atom stereocenters. The molecule has 18 heteroatoms. The van der Waals surface area contributed by atoms with Gasteiger partial charge in [0, 0.05) is 107 Å². The van der Waals surface area contributed by atoms with E-state index in [0.717, 1.165) is 132 Å². The lowest BCUT2D eigenvalue weighted by Gasteiger charge is -2.11. The molecule has 0 fully saturated rings. The minimum Gasteiger partial charge on any atom is -0.456 e. The number of fused-ring (bicyclic) bond motifs is 27. The Kier molecular flexibility index (Phi) is 16.9. The van der Waals surface area contributed by atoms with E-state index in [4.69, 9.17) is 8.83 Å². The summed E-state index contributed by atoms with van der Waals surface area (Å²) in [5.74, 6) is 1.84. The van der Waals surface area contributed by atoms with Gasteiger partial charge in [0.15, 0.2) is 0 Å². The van der Waals surface area contributed by atoms with Crippen LogP contribution in [0.15, 0.2) is 429 Å². The number of furan rings is 2. The van der Waals surface area contributed by atoms with Gasteiger partial charge in [-0.25, -0.2) is 44.9 Å². The predicted molar refractivity (Wildman–Crippen MR) is 549 cm³/mol. The summed E-state index contributed by atoms with van der Waals surface area (Å²) in [7, 11) is 0. The number of hydrogen-bond acceptors (Lipinski definition) is 12. The summed E-state index contributed by atoms with van der Waals surface area (Å²) in [6.45, 7) is 0. The summed E-state index contributed by atoms with van der Waals surface area (Å²) in [4.78, 5) is 38.8. The maximum absolute atomic E-state index is 6.26. The van der Waals surface area contributed by atoms with Crippen molar-refractivity contribution >= 4 is 206 Å². The fraction of sp³-hybridized carbons (Fsp3) is 0. The Morgan fingerprint density at radius 3 is 0.874 bits per heavy atom. The molecule has 630 valence electrons. The van der Waals surface area contributed by atoms with E-state index in [2.05, 4.69) is 430 Å². The number of thiophene rings is 1. The van der Waals surface area contributed by atoms with Crippen molar-refractivity contribution < 1.29 is 8.83 Å². The Bertz CT molecular complexity index is 9750. The molecule has 0 aliphatic rings. The molecule has 0 saturated carbocycles. The van der Waals surface area contributed by atoms with E-state index in [1.165, 1.54) is 113 Å². The highest BCUT2D eigenvalue weighted by atomic mass is 32.1. The number of nitrogens with zero attached hydrogens (tertiary/aromatic N) is 15. The van der Waals surface area contributed by atoms with Crippen molar-refractivity contribution in [2.24, 2.45) is 0 Å². The lowest BCUT2D eigenvalue weighted by molar-refractivity contribution is 0.668. The minimum atomic E-state index is 0.610. The molecule has 0 bridgehead atoms. The second-order valence-electron chi connectivity index (χ2n) is 34.1. The Morgan fingerprint density at radius 1 is 0.178 bits per heavy atom. The van der Waals surface area contributed by atoms with E-state index in [1.54, 1.807) is 38.0 Å². The summed E-state index contributed by atoms with van der Waals surface area (Å²) < 4.78 is 28.5. The van der Waals surface area contributed by atoms with E-state index in [-0.39, 0.29) is 0 Å². The van der Waals surface area contributed by atoms with E-state index in [9.17, 15) is 0 Å². The predicted octanol–water partition coefficient (Wildman–Crippen LogP) is 29.4. The van der Waals surface area contributed by atoms with Gasteiger partial charge in [-0.15, -0.1) is 11.3 Å². The standard InChI is InChI=1S/2C39H23N5O.C39H23N5S/c1-4-11-31-26(8-1)29-20-24(16-18-33(29)43(31)35-13-7-15-37-38(35)28-10-3-6-14-36(28)45-37)25-17-19-34-30(21-25)27-9-2-5-12-32(27)44(34)39-41-22-40-23-42-39;1-4-10-33-27(7-1)30-19-24(13-16-35(30)43(33)26-15-18-38-32(21-26)29-9-3-6-12-37(29)45-38)25-14-17-36-31(20-25)28-8-2-5-11-34(28)44(36)39-41-22-40-23-42-39;1-4-11-31-26(8-1)29-20-24(16-18-33(29)43(31)35-13-7-15-37-38(35)28-10-3-6-14-36(28)45-37)25-17-19-34-30(21-25)27-9-2-5-12-32(27)44(34)39-41-22-40-23-42-39/h3*1-23H. The topological polar surface area (TPSA) is 172 Å². The molecule has 0 spiro atoms. The average molecular weight is 1750 g/mol. The third-order valence-electron chi connectivity index (χ3n) is 26.9. The van der Waals surface area contributed by atoms with Crippen LogP contribution in [0.25, 0.3) is 263 Å². The molecule has 17 nitrogen and oxygen atoms in total. The molecule has 135 heavy (non-hydrogen) atoms. The van der Waals surface area contributed by atoms with Crippen LogP contribution in [-0.2, 0) is 0 Å². The van der Waals surface area contributed by atoms with Crippen LogP contribution in [0, 0.1) is 0 Å². The van der Waals surface area contributed by atoms with Gasteiger partial charge in [-0.2, -0.15) is 0 Å². The summed E-state index contributed by atoms with van der Waals surface area (Å²) in [6, 6.07) is 137. The quantitative estimate of drug-likeness (QED) is 0.135. The lowest BCUT2D eigenvalue weighted by atomic mass is 10.0. The summed E-state index contributed by atoms with van der Waals surface area (Å²) in [5, 5.41) is 21.4. The number of benzene rings is 18. The molecule has 0 amide bonds. The zero-order valence-electron chi connectivity index (χ0n) is 71.8. The van der Waals surface area contributed by atoms with Crippen LogP contribution in [0.4, 0.5) is 0 Å². The molecule has 0 N–H and O–H groups in total. The Labute approximate surface area is 770 Å². The van der Waals surface area contributed by atoms with Crippen LogP contribution in [0.2, 0.25) is 0 Å². The van der Waals surface area contributed by atoms with E-state index in [0.29, 0.717) is 17.8 Å². The zero-order valence-corrected chi connectivity index (χ0v) is 72.6. The number of aromatic nitrogens is 15. The molecule has 30 rings (SSSR count). The van der Waals surface area contributed by atoms with Gasteiger partial charge >= 0.3 is 0 Å².